The highest BCUT2D eigenvalue weighted by molar-refractivity contribution is 5.02. The van der Waals surface area contributed by atoms with Crippen LogP contribution in [-0.4, -0.2) is 34.2 Å². The minimum atomic E-state index is -0.506. The average molecular weight is 193 g/mol. The van der Waals surface area contributed by atoms with Crippen molar-refractivity contribution >= 4 is 0 Å². The lowest BCUT2D eigenvalue weighted by atomic mass is 9.95. The highest BCUT2D eigenvalue weighted by atomic mass is 16.3. The molecule has 2 atom stereocenters. The maximum Gasteiger partial charge on any atom is 0.0798 e. The van der Waals surface area contributed by atoms with E-state index in [2.05, 4.69) is 17.7 Å². The van der Waals surface area contributed by atoms with Gasteiger partial charge in [-0.3, -0.25) is 4.90 Å². The minimum absolute atomic E-state index is 0.506. The van der Waals surface area contributed by atoms with E-state index in [-0.39, 0.29) is 0 Å². The van der Waals surface area contributed by atoms with Crippen LogP contribution in [-0.2, 0) is 0 Å². The van der Waals surface area contributed by atoms with E-state index in [9.17, 15) is 5.11 Å². The van der Waals surface area contributed by atoms with Gasteiger partial charge >= 0.3 is 0 Å². The van der Waals surface area contributed by atoms with E-state index in [0.717, 1.165) is 25.4 Å². The molecule has 14 heavy (non-hydrogen) atoms. The van der Waals surface area contributed by atoms with E-state index in [0.29, 0.717) is 12.5 Å². The first kappa shape index (κ1) is 10.0. The monoisotopic (exact) mass is 193 g/mol. The van der Waals surface area contributed by atoms with Gasteiger partial charge in [-0.25, -0.2) is 0 Å². The van der Waals surface area contributed by atoms with Crippen LogP contribution in [0.3, 0.4) is 0 Å². The maximum atomic E-state index is 10.3. The molecule has 2 unspecified atom stereocenters. The Kier molecular flexibility index (Phi) is 2.55. The summed E-state index contributed by atoms with van der Waals surface area (Å²) in [5.74, 6) is 2.62. The second-order valence-electron chi connectivity index (χ2n) is 4.89. The van der Waals surface area contributed by atoms with Crippen LogP contribution in [0.25, 0.3) is 0 Å². The molecule has 1 N–H and O–H groups in total. The molecule has 2 heteroatoms. The SMILES string of the molecule is C#CCCC1(O)CC(C)N(C2CC2)C1. The topological polar surface area (TPSA) is 23.5 Å². The highest BCUT2D eigenvalue weighted by Gasteiger charge is 2.45. The molecular formula is C12H19NO. The fourth-order valence-electron chi connectivity index (χ4n) is 2.61. The zero-order valence-corrected chi connectivity index (χ0v) is 8.87. The summed E-state index contributed by atoms with van der Waals surface area (Å²) >= 11 is 0. The molecule has 2 nitrogen and oxygen atoms in total. The molecule has 1 aliphatic heterocycles. The summed E-state index contributed by atoms with van der Waals surface area (Å²) in [6, 6.07) is 1.29. The summed E-state index contributed by atoms with van der Waals surface area (Å²) in [6.45, 7) is 3.05. The maximum absolute atomic E-state index is 10.3. The van der Waals surface area contributed by atoms with Gasteiger partial charge in [0.15, 0.2) is 0 Å². The van der Waals surface area contributed by atoms with Gasteiger partial charge in [-0.1, -0.05) is 0 Å². The van der Waals surface area contributed by atoms with Gasteiger partial charge in [0, 0.05) is 25.0 Å². The van der Waals surface area contributed by atoms with E-state index in [1.807, 2.05) is 0 Å². The Morgan fingerprint density at radius 1 is 1.57 bits per heavy atom. The zero-order valence-electron chi connectivity index (χ0n) is 8.87. The van der Waals surface area contributed by atoms with E-state index < -0.39 is 5.60 Å². The third kappa shape index (κ3) is 1.94. The van der Waals surface area contributed by atoms with Crippen LogP contribution in [0, 0.1) is 12.3 Å². The van der Waals surface area contributed by atoms with Crippen molar-refractivity contribution in [2.75, 3.05) is 6.54 Å². The number of likely N-dealkylation sites (tertiary alicyclic amines) is 1. The molecule has 0 amide bonds. The highest BCUT2D eigenvalue weighted by Crippen LogP contribution is 2.38. The van der Waals surface area contributed by atoms with Gasteiger partial charge in [-0.15, -0.1) is 12.3 Å². The molecular weight excluding hydrogens is 174 g/mol. The standard InChI is InChI=1S/C12H19NO/c1-3-4-7-12(14)8-10(2)13(9-12)11-5-6-11/h1,10-11,14H,4-9H2,2H3. The lowest BCUT2D eigenvalue weighted by Crippen LogP contribution is -2.34. The first-order valence-corrected chi connectivity index (χ1v) is 5.56. The van der Waals surface area contributed by atoms with E-state index in [4.69, 9.17) is 6.42 Å². The molecule has 2 rings (SSSR count). The third-order valence-electron chi connectivity index (χ3n) is 3.47. The molecule has 1 saturated carbocycles. The van der Waals surface area contributed by atoms with Crippen LogP contribution >= 0.6 is 0 Å². The van der Waals surface area contributed by atoms with Crippen molar-refractivity contribution < 1.29 is 5.11 Å². The Morgan fingerprint density at radius 3 is 2.86 bits per heavy atom. The quantitative estimate of drug-likeness (QED) is 0.685. The number of hydrogen-bond acceptors (Lipinski definition) is 2. The molecule has 1 aliphatic carbocycles. The predicted molar refractivity (Wildman–Crippen MR) is 56.8 cm³/mol. The number of rotatable bonds is 3. The van der Waals surface area contributed by atoms with Crippen molar-refractivity contribution in [3.8, 4) is 12.3 Å². The van der Waals surface area contributed by atoms with Crippen molar-refractivity contribution in [3.05, 3.63) is 0 Å². The number of hydrogen-bond donors (Lipinski definition) is 1. The zero-order chi connectivity index (χ0) is 10.2. The predicted octanol–water partition coefficient (Wildman–Crippen LogP) is 1.39. The van der Waals surface area contributed by atoms with Crippen LogP contribution in [0.2, 0.25) is 0 Å². The molecule has 2 aliphatic rings. The summed E-state index contributed by atoms with van der Waals surface area (Å²) in [6.07, 6.45) is 10.2. The summed E-state index contributed by atoms with van der Waals surface area (Å²) in [7, 11) is 0. The number of β-amino-alcohol motifs (C(OH)–C–C–N with tert-alkyl or cyclic N) is 1. The molecule has 1 heterocycles. The van der Waals surface area contributed by atoms with Gasteiger partial charge in [0.2, 0.25) is 0 Å². The minimum Gasteiger partial charge on any atom is -0.388 e. The number of aliphatic hydroxyl groups is 1. The molecule has 2 fully saturated rings. The number of nitrogens with zero attached hydrogens (tertiary/aromatic N) is 1. The van der Waals surface area contributed by atoms with Crippen LogP contribution < -0.4 is 0 Å². The average Bonchev–Trinajstić information content (AvgIpc) is 2.91. The Bertz CT molecular complexity index is 254. The molecule has 0 spiro atoms. The first-order valence-electron chi connectivity index (χ1n) is 5.56. The van der Waals surface area contributed by atoms with Crippen LogP contribution in [0.5, 0.6) is 0 Å². The van der Waals surface area contributed by atoms with Crippen LogP contribution in [0.1, 0.15) is 39.0 Å². The molecule has 0 aromatic heterocycles. The second kappa shape index (κ2) is 3.56. The Balaban J connectivity index is 1.93. The van der Waals surface area contributed by atoms with E-state index in [1.54, 1.807) is 0 Å². The van der Waals surface area contributed by atoms with E-state index >= 15 is 0 Å². The van der Waals surface area contributed by atoms with Crippen molar-refractivity contribution in [1.82, 2.24) is 4.90 Å². The van der Waals surface area contributed by atoms with Crippen molar-refractivity contribution in [2.24, 2.45) is 0 Å². The molecule has 1 saturated heterocycles. The van der Waals surface area contributed by atoms with Gasteiger partial charge < -0.3 is 5.11 Å². The van der Waals surface area contributed by atoms with Crippen LogP contribution in [0.4, 0.5) is 0 Å². The Hall–Kier alpha value is -0.520. The van der Waals surface area contributed by atoms with Gasteiger partial charge in [0.1, 0.15) is 0 Å². The van der Waals surface area contributed by atoms with Crippen LogP contribution in [0.15, 0.2) is 0 Å². The summed E-state index contributed by atoms with van der Waals surface area (Å²) in [5, 5.41) is 10.3. The van der Waals surface area contributed by atoms with Crippen molar-refractivity contribution in [1.29, 1.82) is 0 Å². The molecule has 0 aromatic rings. The third-order valence-corrected chi connectivity index (χ3v) is 3.47. The largest absolute Gasteiger partial charge is 0.388 e. The van der Waals surface area contributed by atoms with Gasteiger partial charge in [0.25, 0.3) is 0 Å². The lowest BCUT2D eigenvalue weighted by molar-refractivity contribution is 0.0412. The Labute approximate surface area is 86.3 Å². The lowest BCUT2D eigenvalue weighted by Gasteiger charge is -2.22. The first-order chi connectivity index (χ1) is 6.64. The van der Waals surface area contributed by atoms with Crippen molar-refractivity contribution in [2.45, 2.75) is 56.7 Å². The summed E-state index contributed by atoms with van der Waals surface area (Å²) in [4.78, 5) is 2.45. The van der Waals surface area contributed by atoms with Gasteiger partial charge in [-0.05, 0) is 32.6 Å². The fraction of sp³-hybridized carbons (Fsp3) is 0.833. The Morgan fingerprint density at radius 2 is 2.29 bits per heavy atom. The summed E-state index contributed by atoms with van der Waals surface area (Å²) < 4.78 is 0. The fourth-order valence-corrected chi connectivity index (χ4v) is 2.61. The molecule has 78 valence electrons. The van der Waals surface area contributed by atoms with E-state index in [1.165, 1.54) is 12.8 Å². The molecule has 0 radical (unpaired) electrons. The van der Waals surface area contributed by atoms with Gasteiger partial charge in [-0.2, -0.15) is 0 Å². The number of terminal acetylenes is 1. The smallest absolute Gasteiger partial charge is 0.0798 e. The normalized spacial score (nSPS) is 38.5. The van der Waals surface area contributed by atoms with Crippen molar-refractivity contribution in [3.63, 3.8) is 0 Å². The van der Waals surface area contributed by atoms with Gasteiger partial charge in [0.05, 0.1) is 5.60 Å². The summed E-state index contributed by atoms with van der Waals surface area (Å²) in [5.41, 5.74) is -0.506. The molecule has 0 bridgehead atoms. The molecule has 0 aromatic carbocycles. The second-order valence-corrected chi connectivity index (χ2v) is 4.89.